The molecule has 1 aliphatic carbocycles. The molecule has 33 heavy (non-hydrogen) atoms. The van der Waals surface area contributed by atoms with Gasteiger partial charge in [-0.2, -0.15) is 0 Å². The van der Waals surface area contributed by atoms with E-state index in [1.54, 1.807) is 11.8 Å². The minimum absolute atomic E-state index is 0.0267. The zero-order valence-electron chi connectivity index (χ0n) is 19.4. The van der Waals surface area contributed by atoms with Gasteiger partial charge >= 0.3 is 5.97 Å². The Kier molecular flexibility index (Phi) is 7.42. The van der Waals surface area contributed by atoms with Crippen LogP contribution in [0.4, 0.5) is 0 Å². The fourth-order valence-corrected chi connectivity index (χ4v) is 5.72. The van der Waals surface area contributed by atoms with Crippen molar-refractivity contribution < 1.29 is 19.1 Å². The van der Waals surface area contributed by atoms with E-state index in [4.69, 9.17) is 16.3 Å². The number of halogens is 1. The quantitative estimate of drug-likeness (QED) is 0.553. The van der Waals surface area contributed by atoms with Crippen LogP contribution in [-0.4, -0.2) is 53.8 Å². The molecule has 2 aliphatic heterocycles. The van der Waals surface area contributed by atoms with Gasteiger partial charge in [0.1, 0.15) is 5.41 Å². The molecule has 0 unspecified atom stereocenters. The Hall–Kier alpha value is -2.34. The summed E-state index contributed by atoms with van der Waals surface area (Å²) in [6.45, 7) is 3.95. The molecule has 0 N–H and O–H groups in total. The van der Waals surface area contributed by atoms with Crippen LogP contribution in [0.25, 0.3) is 0 Å². The molecule has 0 saturated carbocycles. The molecule has 3 aliphatic rings. The monoisotopic (exact) mass is 472 g/mol. The molecule has 2 saturated heterocycles. The van der Waals surface area contributed by atoms with Crippen LogP contribution in [0.1, 0.15) is 57.4 Å². The maximum atomic E-state index is 13.8. The molecule has 178 valence electrons. The highest BCUT2D eigenvalue weighted by Crippen LogP contribution is 2.53. The third kappa shape index (κ3) is 4.68. The molecule has 0 radical (unpaired) electrons. The first kappa shape index (κ1) is 23.8. The lowest BCUT2D eigenvalue weighted by molar-refractivity contribution is -0.158. The van der Waals surface area contributed by atoms with E-state index >= 15 is 0 Å². The van der Waals surface area contributed by atoms with Gasteiger partial charge in [-0.25, -0.2) is 0 Å². The normalized spacial score (nSPS) is 25.0. The number of rotatable bonds is 7. The van der Waals surface area contributed by atoms with E-state index in [-0.39, 0.29) is 30.8 Å². The van der Waals surface area contributed by atoms with E-state index in [1.165, 1.54) is 0 Å². The predicted octanol–water partition coefficient (Wildman–Crippen LogP) is 4.36. The molecule has 2 amide bonds. The number of nitrogens with zero attached hydrogens (tertiary/aromatic N) is 2. The SMILES string of the molecule is CCOC(=O)[C@@]12CCCC=C1N(CCc1ccc(Cl)cc1)C(=O)[C@H]2CC(=O)N1CCCCC1. The number of hydrogen-bond donors (Lipinski definition) is 0. The number of likely N-dealkylation sites (tertiary alicyclic amines) is 2. The number of esters is 1. The third-order valence-electron chi connectivity index (χ3n) is 7.28. The third-order valence-corrected chi connectivity index (χ3v) is 7.54. The largest absolute Gasteiger partial charge is 0.465 e. The number of carbonyl (C=O) groups excluding carboxylic acids is 3. The molecule has 6 nitrogen and oxygen atoms in total. The average Bonchev–Trinajstić information content (AvgIpc) is 3.08. The first-order chi connectivity index (χ1) is 16.0. The number of benzene rings is 1. The molecule has 2 atom stereocenters. The van der Waals surface area contributed by atoms with Gasteiger partial charge in [0.05, 0.1) is 12.5 Å². The van der Waals surface area contributed by atoms with Crippen LogP contribution in [-0.2, 0) is 25.5 Å². The van der Waals surface area contributed by atoms with Crippen LogP contribution in [0.15, 0.2) is 36.0 Å². The van der Waals surface area contributed by atoms with Crippen molar-refractivity contribution in [2.45, 2.75) is 58.3 Å². The van der Waals surface area contributed by atoms with Gasteiger partial charge in [0.15, 0.2) is 0 Å². The average molecular weight is 473 g/mol. The van der Waals surface area contributed by atoms with Gasteiger partial charge in [-0.05, 0) is 69.6 Å². The second-order valence-corrected chi connectivity index (χ2v) is 9.67. The smallest absolute Gasteiger partial charge is 0.318 e. The number of fused-ring (bicyclic) bond motifs is 1. The molecule has 2 heterocycles. The van der Waals surface area contributed by atoms with Crippen LogP contribution >= 0.6 is 11.6 Å². The Labute approximate surface area is 200 Å². The molecule has 1 aromatic rings. The van der Waals surface area contributed by atoms with Crippen LogP contribution in [0.3, 0.4) is 0 Å². The van der Waals surface area contributed by atoms with Crippen molar-refractivity contribution in [2.24, 2.45) is 11.3 Å². The van der Waals surface area contributed by atoms with Crippen molar-refractivity contribution in [3.8, 4) is 0 Å². The summed E-state index contributed by atoms with van der Waals surface area (Å²) < 4.78 is 5.52. The molecule has 1 aromatic carbocycles. The number of hydrogen-bond acceptors (Lipinski definition) is 4. The van der Waals surface area contributed by atoms with Gasteiger partial charge in [0.25, 0.3) is 0 Å². The zero-order chi connectivity index (χ0) is 23.4. The maximum Gasteiger partial charge on any atom is 0.318 e. The molecule has 2 fully saturated rings. The standard InChI is InChI=1S/C26H33ClN2O4/c1-2-33-25(32)26-14-5-4-8-22(26)29(17-13-19-9-11-20(27)12-10-19)24(31)21(26)18-23(30)28-15-6-3-7-16-28/h8-12,21H,2-7,13-18H2,1H3/t21-,26-/m1/s1. The fourth-order valence-electron chi connectivity index (χ4n) is 5.59. The number of ether oxygens (including phenoxy) is 1. The maximum absolute atomic E-state index is 13.8. The van der Waals surface area contributed by atoms with Crippen molar-refractivity contribution in [1.29, 1.82) is 0 Å². The van der Waals surface area contributed by atoms with E-state index in [0.717, 1.165) is 56.5 Å². The molecule has 0 aromatic heterocycles. The second-order valence-electron chi connectivity index (χ2n) is 9.24. The summed E-state index contributed by atoms with van der Waals surface area (Å²) in [6.07, 6.45) is 7.99. The summed E-state index contributed by atoms with van der Waals surface area (Å²) in [7, 11) is 0. The van der Waals surface area contributed by atoms with Gasteiger partial charge in [0.2, 0.25) is 11.8 Å². The fraction of sp³-hybridized carbons (Fsp3) is 0.577. The summed E-state index contributed by atoms with van der Waals surface area (Å²) in [5, 5.41) is 0.670. The van der Waals surface area contributed by atoms with Crippen LogP contribution < -0.4 is 0 Å². The molecule has 4 rings (SSSR count). The summed E-state index contributed by atoms with van der Waals surface area (Å²) >= 11 is 6.01. The van der Waals surface area contributed by atoms with Gasteiger partial charge < -0.3 is 14.5 Å². The van der Waals surface area contributed by atoms with Gasteiger partial charge in [-0.3, -0.25) is 14.4 Å². The first-order valence-corrected chi connectivity index (χ1v) is 12.6. The van der Waals surface area contributed by atoms with Crippen LogP contribution in [0.2, 0.25) is 5.02 Å². The highest BCUT2D eigenvalue weighted by molar-refractivity contribution is 6.30. The number of allylic oxidation sites excluding steroid dienone is 1. The number of carbonyl (C=O) groups is 3. The topological polar surface area (TPSA) is 66.9 Å². The van der Waals surface area contributed by atoms with Crippen LogP contribution in [0.5, 0.6) is 0 Å². The summed E-state index contributed by atoms with van der Waals surface area (Å²) in [5.41, 5.74) is 0.748. The molecule has 0 spiro atoms. The van der Waals surface area contributed by atoms with E-state index < -0.39 is 11.3 Å². The zero-order valence-corrected chi connectivity index (χ0v) is 20.1. The number of amides is 2. The molecular formula is C26H33ClN2O4. The number of piperidine rings is 1. The second kappa shape index (κ2) is 10.3. The summed E-state index contributed by atoms with van der Waals surface area (Å²) in [5.74, 6) is -1.23. The van der Waals surface area contributed by atoms with Crippen molar-refractivity contribution >= 4 is 29.4 Å². The van der Waals surface area contributed by atoms with Crippen LogP contribution in [0, 0.1) is 11.3 Å². The predicted molar refractivity (Wildman–Crippen MR) is 126 cm³/mol. The minimum Gasteiger partial charge on any atom is -0.465 e. The Bertz CT molecular complexity index is 923. The van der Waals surface area contributed by atoms with Gasteiger partial charge in [0, 0.05) is 36.8 Å². The van der Waals surface area contributed by atoms with E-state index in [0.29, 0.717) is 24.4 Å². The highest BCUT2D eigenvalue weighted by Gasteiger charge is 2.62. The van der Waals surface area contributed by atoms with Gasteiger partial charge in [-0.1, -0.05) is 29.8 Å². The van der Waals surface area contributed by atoms with Crippen molar-refractivity contribution in [2.75, 3.05) is 26.2 Å². The lowest BCUT2D eigenvalue weighted by Crippen LogP contribution is -2.44. The summed E-state index contributed by atoms with van der Waals surface area (Å²) in [6, 6.07) is 7.58. The lowest BCUT2D eigenvalue weighted by atomic mass is 9.68. The Balaban J connectivity index is 1.62. The minimum atomic E-state index is -1.06. The Morgan fingerprint density at radius 3 is 2.55 bits per heavy atom. The summed E-state index contributed by atoms with van der Waals surface area (Å²) in [4.78, 5) is 43.9. The van der Waals surface area contributed by atoms with Crippen molar-refractivity contribution in [3.63, 3.8) is 0 Å². The van der Waals surface area contributed by atoms with E-state index in [1.807, 2.05) is 35.2 Å². The van der Waals surface area contributed by atoms with E-state index in [2.05, 4.69) is 0 Å². The lowest BCUT2D eigenvalue weighted by Gasteiger charge is -2.36. The van der Waals surface area contributed by atoms with Gasteiger partial charge in [-0.15, -0.1) is 0 Å². The first-order valence-electron chi connectivity index (χ1n) is 12.2. The molecule has 0 bridgehead atoms. The van der Waals surface area contributed by atoms with Crippen molar-refractivity contribution in [3.05, 3.63) is 46.6 Å². The Morgan fingerprint density at radius 1 is 1.12 bits per heavy atom. The molecular weight excluding hydrogens is 440 g/mol. The van der Waals surface area contributed by atoms with Crippen molar-refractivity contribution in [1.82, 2.24) is 9.80 Å². The Morgan fingerprint density at radius 2 is 1.85 bits per heavy atom. The highest BCUT2D eigenvalue weighted by atomic mass is 35.5. The van der Waals surface area contributed by atoms with E-state index in [9.17, 15) is 14.4 Å². The molecule has 7 heteroatoms.